The lowest BCUT2D eigenvalue weighted by atomic mass is 10.2. The second-order valence-electron chi connectivity index (χ2n) is 3.93. The summed E-state index contributed by atoms with van der Waals surface area (Å²) < 4.78 is 5.31. The van der Waals surface area contributed by atoms with Crippen LogP contribution in [0.4, 0.5) is 4.79 Å². The van der Waals surface area contributed by atoms with Crippen molar-refractivity contribution in [1.29, 1.82) is 0 Å². The molecule has 0 aromatic carbocycles. The van der Waals surface area contributed by atoms with Crippen molar-refractivity contribution in [2.75, 3.05) is 13.2 Å². The van der Waals surface area contributed by atoms with E-state index in [0.29, 0.717) is 0 Å². The van der Waals surface area contributed by atoms with Gasteiger partial charge >= 0.3 is 6.03 Å². The van der Waals surface area contributed by atoms with Crippen LogP contribution in [0.5, 0.6) is 0 Å². The molecule has 2 aliphatic heterocycles. The summed E-state index contributed by atoms with van der Waals surface area (Å²) >= 11 is 4.81. The highest BCUT2D eigenvalue weighted by molar-refractivity contribution is 7.82. The van der Waals surface area contributed by atoms with Crippen molar-refractivity contribution in [3.05, 3.63) is 0 Å². The molecule has 3 N–H and O–H groups in total. The number of hydrogen-bond acceptors (Lipinski definition) is 6. The van der Waals surface area contributed by atoms with Crippen LogP contribution in [0, 0.1) is 0 Å². The van der Waals surface area contributed by atoms with Crippen molar-refractivity contribution in [2.45, 2.75) is 24.9 Å². The van der Waals surface area contributed by atoms with Crippen LogP contribution in [-0.4, -0.2) is 63.5 Å². The summed E-state index contributed by atoms with van der Waals surface area (Å²) in [5.41, 5.74) is 0. The molecule has 2 rings (SSSR count). The Morgan fingerprint density at radius 1 is 1.53 bits per heavy atom. The Hall–Kier alpha value is -1.09. The van der Waals surface area contributed by atoms with Crippen molar-refractivity contribution in [3.63, 3.8) is 0 Å². The van der Waals surface area contributed by atoms with Crippen molar-refractivity contribution < 1.29 is 24.5 Å². The Morgan fingerprint density at radius 2 is 2.24 bits per heavy atom. The molecule has 3 atom stereocenters. The molecule has 0 saturated carbocycles. The van der Waals surface area contributed by atoms with Gasteiger partial charge in [-0.3, -0.25) is 15.0 Å². The maximum absolute atomic E-state index is 11.5. The zero-order chi connectivity index (χ0) is 12.6. The van der Waals surface area contributed by atoms with Gasteiger partial charge in [-0.15, -0.1) is 0 Å². The van der Waals surface area contributed by atoms with Gasteiger partial charge in [0.1, 0.15) is 12.3 Å². The van der Waals surface area contributed by atoms with E-state index >= 15 is 0 Å². The Bertz CT molecular complexity index is 374. The number of amides is 3. The molecular weight excluding hydrogens is 248 g/mol. The minimum atomic E-state index is -0.830. The highest BCUT2D eigenvalue weighted by atomic mass is 32.1. The van der Waals surface area contributed by atoms with E-state index in [1.165, 1.54) is 4.90 Å². The molecule has 2 fully saturated rings. The number of ether oxygens (including phenoxy) is 1. The van der Waals surface area contributed by atoms with Crippen LogP contribution >= 0.6 is 12.2 Å². The van der Waals surface area contributed by atoms with Gasteiger partial charge in [-0.2, -0.15) is 0 Å². The second-order valence-corrected chi connectivity index (χ2v) is 4.42. The van der Waals surface area contributed by atoms with E-state index in [0.717, 1.165) is 0 Å². The van der Waals surface area contributed by atoms with Crippen LogP contribution in [0.15, 0.2) is 0 Å². The molecule has 2 heterocycles. The monoisotopic (exact) mass is 260 g/mol. The fourth-order valence-corrected chi connectivity index (χ4v) is 2.03. The third kappa shape index (κ3) is 2.29. The molecule has 2 aliphatic rings. The summed E-state index contributed by atoms with van der Waals surface area (Å²) in [5.74, 6) is -0.571. The summed E-state index contributed by atoms with van der Waals surface area (Å²) in [6.45, 7) is -0.327. The Labute approximate surface area is 102 Å². The van der Waals surface area contributed by atoms with Crippen LogP contribution in [-0.2, 0) is 9.53 Å². The van der Waals surface area contributed by atoms with Gasteiger partial charge in [-0.05, 0) is 0 Å². The Kier molecular flexibility index (Phi) is 3.38. The Morgan fingerprint density at radius 3 is 2.82 bits per heavy atom. The van der Waals surface area contributed by atoms with Crippen molar-refractivity contribution >= 4 is 29.0 Å². The minimum Gasteiger partial charge on any atom is -0.394 e. The number of carbonyl (C=O) groups excluding carboxylic acids is 2. The van der Waals surface area contributed by atoms with Gasteiger partial charge in [0.2, 0.25) is 0 Å². The summed E-state index contributed by atoms with van der Waals surface area (Å²) in [5, 5.41) is 20.6. The summed E-state index contributed by atoms with van der Waals surface area (Å²) in [6.07, 6.45) is -2.02. The third-order valence-corrected chi connectivity index (χ3v) is 3.09. The number of rotatable bonds is 2. The van der Waals surface area contributed by atoms with Crippen LogP contribution in [0.1, 0.15) is 6.42 Å². The topological polar surface area (TPSA) is 99.1 Å². The average molecular weight is 260 g/mol. The van der Waals surface area contributed by atoms with E-state index in [9.17, 15) is 14.7 Å². The van der Waals surface area contributed by atoms with Gasteiger partial charge in [0.15, 0.2) is 0 Å². The first-order chi connectivity index (χ1) is 8.02. The lowest BCUT2D eigenvalue weighted by Crippen LogP contribution is -2.57. The molecule has 0 unspecified atom stereocenters. The number of nitrogens with one attached hydrogen (secondary N) is 1. The number of imide groups is 1. The zero-order valence-corrected chi connectivity index (χ0v) is 9.64. The first-order valence-corrected chi connectivity index (χ1v) is 5.53. The summed E-state index contributed by atoms with van der Waals surface area (Å²) in [6, 6.07) is -0.598. The van der Waals surface area contributed by atoms with E-state index in [4.69, 9.17) is 22.1 Å². The van der Waals surface area contributed by atoms with Crippen LogP contribution in [0.2, 0.25) is 0 Å². The molecule has 0 bridgehead atoms. The number of aliphatic hydroxyl groups is 2. The number of hydrogen-bond donors (Lipinski definition) is 3. The van der Waals surface area contributed by atoms with Gasteiger partial charge in [-0.1, -0.05) is 12.2 Å². The lowest BCUT2D eigenvalue weighted by Gasteiger charge is -2.31. The van der Waals surface area contributed by atoms with Crippen molar-refractivity contribution in [1.82, 2.24) is 10.2 Å². The van der Waals surface area contributed by atoms with E-state index in [1.807, 2.05) is 0 Å². The fraction of sp³-hybridized carbons (Fsp3) is 0.667. The third-order valence-electron chi connectivity index (χ3n) is 2.78. The highest BCUT2D eigenvalue weighted by Crippen LogP contribution is 2.24. The predicted octanol–water partition coefficient (Wildman–Crippen LogP) is -1.62. The van der Waals surface area contributed by atoms with Crippen LogP contribution < -0.4 is 5.32 Å². The smallest absolute Gasteiger partial charge is 0.326 e. The molecule has 2 saturated heterocycles. The van der Waals surface area contributed by atoms with E-state index in [-0.39, 0.29) is 24.4 Å². The maximum atomic E-state index is 11.5. The van der Waals surface area contributed by atoms with E-state index in [1.54, 1.807) is 0 Å². The van der Waals surface area contributed by atoms with Crippen LogP contribution in [0.3, 0.4) is 0 Å². The quantitative estimate of drug-likeness (QED) is 0.516. The SMILES string of the molecule is O=C1NC(=O)N([C@H]2C[C@@H](O)[C@H](CO)O2)CC1=S. The number of carbonyl (C=O) groups is 2. The second kappa shape index (κ2) is 4.65. The fourth-order valence-electron chi connectivity index (χ4n) is 1.84. The molecule has 0 aromatic rings. The van der Waals surface area contributed by atoms with E-state index < -0.39 is 30.4 Å². The standard InChI is InChI=1S/C9H12N2O5S/c12-3-5-4(13)1-7(16-5)11-2-6(17)8(14)10-9(11)15/h4-5,7,12-13H,1-3H2,(H,10,14,15)/t4-,5+,7-/m1/s1. The van der Waals surface area contributed by atoms with Crippen molar-refractivity contribution in [2.24, 2.45) is 0 Å². The molecule has 94 valence electrons. The first kappa shape index (κ1) is 12.4. The van der Waals surface area contributed by atoms with Gasteiger partial charge < -0.3 is 14.9 Å². The predicted molar refractivity (Wildman–Crippen MR) is 59.2 cm³/mol. The maximum Gasteiger partial charge on any atom is 0.326 e. The molecule has 8 heteroatoms. The molecule has 0 spiro atoms. The molecule has 17 heavy (non-hydrogen) atoms. The van der Waals surface area contributed by atoms with Gasteiger partial charge in [0.05, 0.1) is 24.1 Å². The van der Waals surface area contributed by atoms with Crippen LogP contribution in [0.25, 0.3) is 0 Å². The van der Waals surface area contributed by atoms with Crippen molar-refractivity contribution in [3.8, 4) is 0 Å². The molecular formula is C9H12N2O5S. The average Bonchev–Trinajstić information content (AvgIpc) is 2.65. The van der Waals surface area contributed by atoms with Gasteiger partial charge in [-0.25, -0.2) is 4.79 Å². The minimum absolute atomic E-state index is 0.00443. The first-order valence-electron chi connectivity index (χ1n) is 5.12. The molecule has 0 aliphatic carbocycles. The van der Waals surface area contributed by atoms with E-state index in [2.05, 4.69) is 5.32 Å². The van der Waals surface area contributed by atoms with Gasteiger partial charge in [0.25, 0.3) is 5.91 Å². The number of thiocarbonyl (C=S) groups is 1. The van der Waals surface area contributed by atoms with Gasteiger partial charge in [0, 0.05) is 6.42 Å². The largest absolute Gasteiger partial charge is 0.394 e. The normalized spacial score (nSPS) is 34.1. The summed E-state index contributed by atoms with van der Waals surface area (Å²) in [7, 11) is 0. The highest BCUT2D eigenvalue weighted by Gasteiger charge is 2.41. The Balaban J connectivity index is 2.06. The molecule has 7 nitrogen and oxygen atoms in total. The zero-order valence-electron chi connectivity index (χ0n) is 8.83. The summed E-state index contributed by atoms with van der Waals surface area (Å²) in [4.78, 5) is 24.0. The molecule has 3 amide bonds. The molecule has 0 radical (unpaired) electrons. The number of aliphatic hydroxyl groups excluding tert-OH is 2. The lowest BCUT2D eigenvalue weighted by molar-refractivity contribution is -0.115. The number of nitrogens with zero attached hydrogens (tertiary/aromatic N) is 1. The number of urea groups is 1. The molecule has 0 aromatic heterocycles.